The lowest BCUT2D eigenvalue weighted by Crippen LogP contribution is -2.38. The maximum atomic E-state index is 13.3. The Morgan fingerprint density at radius 1 is 1.17 bits per heavy atom. The molecule has 0 aliphatic carbocycles. The van der Waals surface area contributed by atoms with E-state index in [1.54, 1.807) is 0 Å². The van der Waals surface area contributed by atoms with Gasteiger partial charge in [-0.05, 0) is 37.7 Å². The average molecular weight is 404 g/mol. The second-order valence-corrected chi connectivity index (χ2v) is 8.23. The topological polar surface area (TPSA) is 45.6 Å². The molecule has 1 aliphatic heterocycles. The zero-order chi connectivity index (χ0) is 21.0. The number of hydrogen-bond donors (Lipinski definition) is 1. The number of ether oxygens (including phenoxy) is 1. The maximum Gasteiger partial charge on any atom is 0.131 e. The van der Waals surface area contributed by atoms with E-state index in [2.05, 4.69) is 43.1 Å². The first kappa shape index (κ1) is 21.7. The van der Waals surface area contributed by atoms with Crippen molar-refractivity contribution in [2.75, 3.05) is 51.8 Å². The molecule has 1 fully saturated rings. The van der Waals surface area contributed by atoms with Gasteiger partial charge in [-0.2, -0.15) is 5.10 Å². The number of halogens is 1. The first-order chi connectivity index (χ1) is 13.9. The van der Waals surface area contributed by atoms with Gasteiger partial charge in [-0.1, -0.05) is 26.0 Å². The van der Waals surface area contributed by atoms with Gasteiger partial charge in [0.2, 0.25) is 0 Å². The summed E-state index contributed by atoms with van der Waals surface area (Å²) >= 11 is 0. The number of morpholine rings is 1. The van der Waals surface area contributed by atoms with Crippen molar-refractivity contribution in [2.24, 2.45) is 7.05 Å². The van der Waals surface area contributed by atoms with Gasteiger partial charge in [0.1, 0.15) is 11.6 Å². The molecule has 0 saturated carbocycles. The number of anilines is 1. The third-order valence-electron chi connectivity index (χ3n) is 5.52. The van der Waals surface area contributed by atoms with Crippen LogP contribution in [0.15, 0.2) is 24.3 Å². The standard InChI is InChI=1S/C22H34FN5O/c1-16(2)21-19(22(27(5)25-21)28-10-12-29-13-11-28)14-24-15-20(26(3)4)17-6-8-18(23)9-7-17/h6-9,16,20,24H,10-15H2,1-5H3. The molecule has 1 aromatic carbocycles. The molecule has 1 atom stereocenters. The van der Waals surface area contributed by atoms with Gasteiger partial charge in [-0.15, -0.1) is 0 Å². The molecule has 7 heteroatoms. The molecule has 2 heterocycles. The number of nitrogens with one attached hydrogen (secondary N) is 1. The molecule has 2 aromatic rings. The minimum Gasteiger partial charge on any atom is -0.378 e. The smallest absolute Gasteiger partial charge is 0.131 e. The number of rotatable bonds is 8. The number of likely N-dealkylation sites (N-methyl/N-ethyl adjacent to an activating group) is 1. The molecule has 0 spiro atoms. The Kier molecular flexibility index (Phi) is 7.27. The molecule has 0 amide bonds. The fourth-order valence-corrected chi connectivity index (χ4v) is 4.00. The third kappa shape index (κ3) is 5.15. The van der Waals surface area contributed by atoms with E-state index in [0.717, 1.165) is 50.7 Å². The van der Waals surface area contributed by atoms with Crippen LogP contribution in [0.3, 0.4) is 0 Å². The van der Waals surface area contributed by atoms with Gasteiger partial charge in [0, 0.05) is 44.8 Å². The van der Waals surface area contributed by atoms with Gasteiger partial charge in [0.25, 0.3) is 0 Å². The second kappa shape index (κ2) is 9.69. The van der Waals surface area contributed by atoms with Crippen molar-refractivity contribution in [1.29, 1.82) is 0 Å². The fraction of sp³-hybridized carbons (Fsp3) is 0.591. The van der Waals surface area contributed by atoms with Crippen molar-refractivity contribution < 1.29 is 9.13 Å². The molecule has 1 N–H and O–H groups in total. The molecule has 1 aromatic heterocycles. The van der Waals surface area contributed by atoms with Crippen LogP contribution >= 0.6 is 0 Å². The number of hydrogen-bond acceptors (Lipinski definition) is 5. The van der Waals surface area contributed by atoms with E-state index in [9.17, 15) is 4.39 Å². The fourth-order valence-electron chi connectivity index (χ4n) is 4.00. The average Bonchev–Trinajstić information content (AvgIpc) is 3.03. The summed E-state index contributed by atoms with van der Waals surface area (Å²) < 4.78 is 20.9. The molecule has 0 bridgehead atoms. The van der Waals surface area contributed by atoms with E-state index in [1.165, 1.54) is 23.5 Å². The Morgan fingerprint density at radius 3 is 2.41 bits per heavy atom. The third-order valence-corrected chi connectivity index (χ3v) is 5.52. The minimum atomic E-state index is -0.202. The summed E-state index contributed by atoms with van der Waals surface area (Å²) in [6, 6.07) is 6.96. The first-order valence-corrected chi connectivity index (χ1v) is 10.4. The van der Waals surface area contributed by atoms with E-state index in [4.69, 9.17) is 9.84 Å². The summed E-state index contributed by atoms with van der Waals surface area (Å²) in [5.41, 5.74) is 3.51. The van der Waals surface area contributed by atoms with Crippen LogP contribution in [-0.2, 0) is 18.3 Å². The number of aromatic nitrogens is 2. The summed E-state index contributed by atoms with van der Waals surface area (Å²) in [7, 11) is 6.14. The van der Waals surface area contributed by atoms with Crippen LogP contribution < -0.4 is 10.2 Å². The van der Waals surface area contributed by atoms with Crippen LogP contribution in [0.25, 0.3) is 0 Å². The molecule has 0 radical (unpaired) electrons. The zero-order valence-electron chi connectivity index (χ0n) is 18.3. The van der Waals surface area contributed by atoms with Gasteiger partial charge in [-0.3, -0.25) is 4.68 Å². The van der Waals surface area contributed by atoms with Gasteiger partial charge in [0.15, 0.2) is 0 Å². The molecular weight excluding hydrogens is 369 g/mol. The van der Waals surface area contributed by atoms with E-state index in [0.29, 0.717) is 5.92 Å². The van der Waals surface area contributed by atoms with Gasteiger partial charge in [-0.25, -0.2) is 4.39 Å². The second-order valence-electron chi connectivity index (χ2n) is 8.23. The number of aryl methyl sites for hydroxylation is 1. The Bertz CT molecular complexity index is 781. The highest BCUT2D eigenvalue weighted by Crippen LogP contribution is 2.29. The summed E-state index contributed by atoms with van der Waals surface area (Å²) in [5, 5.41) is 8.47. The highest BCUT2D eigenvalue weighted by molar-refractivity contribution is 5.51. The van der Waals surface area contributed by atoms with Gasteiger partial charge >= 0.3 is 0 Å². The SMILES string of the molecule is CC(C)c1nn(C)c(N2CCOCC2)c1CNCC(c1ccc(F)cc1)N(C)C. The lowest BCUT2D eigenvalue weighted by Gasteiger charge is -2.30. The Hall–Kier alpha value is -1.96. The van der Waals surface area contributed by atoms with Gasteiger partial charge < -0.3 is 19.9 Å². The van der Waals surface area contributed by atoms with E-state index >= 15 is 0 Å². The lowest BCUT2D eigenvalue weighted by molar-refractivity contribution is 0.122. The van der Waals surface area contributed by atoms with E-state index < -0.39 is 0 Å². The van der Waals surface area contributed by atoms with E-state index in [-0.39, 0.29) is 11.9 Å². The van der Waals surface area contributed by atoms with Crippen LogP contribution in [0.1, 0.15) is 42.6 Å². The van der Waals surface area contributed by atoms with Crippen molar-refractivity contribution in [3.8, 4) is 0 Å². The molecule has 6 nitrogen and oxygen atoms in total. The van der Waals surface area contributed by atoms with Crippen LogP contribution in [0.2, 0.25) is 0 Å². The van der Waals surface area contributed by atoms with Crippen LogP contribution in [0.4, 0.5) is 10.2 Å². The summed E-state index contributed by atoms with van der Waals surface area (Å²) in [6.07, 6.45) is 0. The molecular formula is C22H34FN5O. The lowest BCUT2D eigenvalue weighted by atomic mass is 10.0. The van der Waals surface area contributed by atoms with Crippen molar-refractivity contribution in [3.05, 3.63) is 46.9 Å². The van der Waals surface area contributed by atoms with Crippen LogP contribution in [0.5, 0.6) is 0 Å². The van der Waals surface area contributed by atoms with Crippen LogP contribution in [0, 0.1) is 5.82 Å². The quantitative estimate of drug-likeness (QED) is 0.734. The van der Waals surface area contributed by atoms with Gasteiger partial charge in [0.05, 0.1) is 18.9 Å². The first-order valence-electron chi connectivity index (χ1n) is 10.4. The Balaban J connectivity index is 1.77. The predicted molar refractivity (Wildman–Crippen MR) is 115 cm³/mol. The number of nitrogens with zero attached hydrogens (tertiary/aromatic N) is 4. The summed E-state index contributed by atoms with van der Waals surface area (Å²) in [5.74, 6) is 1.34. The maximum absolute atomic E-state index is 13.3. The number of benzene rings is 1. The normalized spacial score (nSPS) is 16.1. The molecule has 1 saturated heterocycles. The predicted octanol–water partition coefficient (Wildman–Crippen LogP) is 2.91. The van der Waals surface area contributed by atoms with Crippen molar-refractivity contribution >= 4 is 5.82 Å². The molecule has 29 heavy (non-hydrogen) atoms. The Labute approximate surface area is 173 Å². The molecule has 1 aliphatic rings. The largest absolute Gasteiger partial charge is 0.378 e. The molecule has 160 valence electrons. The summed E-state index contributed by atoms with van der Waals surface area (Å²) in [4.78, 5) is 4.54. The summed E-state index contributed by atoms with van der Waals surface area (Å²) in [6.45, 7) is 9.18. The highest BCUT2D eigenvalue weighted by Gasteiger charge is 2.24. The minimum absolute atomic E-state index is 0.168. The zero-order valence-corrected chi connectivity index (χ0v) is 18.3. The Morgan fingerprint density at radius 2 is 1.83 bits per heavy atom. The van der Waals surface area contributed by atoms with E-state index in [1.807, 2.05) is 23.9 Å². The highest BCUT2D eigenvalue weighted by atomic mass is 19.1. The monoisotopic (exact) mass is 403 g/mol. The molecule has 1 unspecified atom stereocenters. The van der Waals surface area contributed by atoms with Crippen LogP contribution in [-0.4, -0.2) is 61.6 Å². The van der Waals surface area contributed by atoms with Crippen molar-refractivity contribution in [1.82, 2.24) is 20.0 Å². The van der Waals surface area contributed by atoms with Crippen molar-refractivity contribution in [3.63, 3.8) is 0 Å². The molecule has 3 rings (SSSR count). The van der Waals surface area contributed by atoms with Crippen molar-refractivity contribution in [2.45, 2.75) is 32.4 Å².